The fraction of sp³-hybridized carbons (Fsp3) is 0.273. The van der Waals surface area contributed by atoms with Gasteiger partial charge in [0.15, 0.2) is 5.13 Å². The van der Waals surface area contributed by atoms with Gasteiger partial charge in [0, 0.05) is 13.0 Å². The minimum atomic E-state index is -0.0849. The second-order valence-corrected chi connectivity index (χ2v) is 4.61. The Labute approximate surface area is 97.5 Å². The Morgan fingerprint density at radius 3 is 3.12 bits per heavy atom. The minimum absolute atomic E-state index is 0.0849. The highest BCUT2D eigenvalue weighted by Gasteiger charge is 2.06. The van der Waals surface area contributed by atoms with E-state index in [4.69, 9.17) is 5.73 Å². The number of hydrogen-bond acceptors (Lipinski definition) is 4. The Morgan fingerprint density at radius 2 is 2.38 bits per heavy atom. The first-order chi connectivity index (χ1) is 7.69. The summed E-state index contributed by atoms with van der Waals surface area (Å²) in [4.78, 5) is 15.7. The first-order valence-electron chi connectivity index (χ1n) is 5.06. The molecule has 4 nitrogen and oxygen atoms in total. The molecule has 0 bridgehead atoms. The predicted molar refractivity (Wildman–Crippen MR) is 66.7 cm³/mol. The molecule has 1 amide bonds. The van der Waals surface area contributed by atoms with Crippen molar-refractivity contribution in [2.45, 2.75) is 13.3 Å². The number of nitrogens with two attached hydrogens (primary N) is 1. The molecule has 1 aromatic heterocycles. The van der Waals surface area contributed by atoms with E-state index in [1.54, 1.807) is 0 Å². The molecule has 1 aromatic carbocycles. The maximum atomic E-state index is 11.3. The van der Waals surface area contributed by atoms with Crippen LogP contribution in [0, 0.1) is 6.92 Å². The van der Waals surface area contributed by atoms with Crippen molar-refractivity contribution in [3.63, 3.8) is 0 Å². The fourth-order valence-electron chi connectivity index (χ4n) is 1.40. The fourth-order valence-corrected chi connectivity index (χ4v) is 2.38. The van der Waals surface area contributed by atoms with E-state index < -0.39 is 0 Å². The Hall–Kier alpha value is -1.46. The number of hydrogen-bond donors (Lipinski definition) is 2. The topological polar surface area (TPSA) is 68.0 Å². The minimum Gasteiger partial charge on any atom is -0.330 e. The zero-order valence-corrected chi connectivity index (χ0v) is 9.80. The summed E-state index contributed by atoms with van der Waals surface area (Å²) in [6.45, 7) is 2.39. The van der Waals surface area contributed by atoms with Gasteiger partial charge in [-0.15, -0.1) is 0 Å². The van der Waals surface area contributed by atoms with Gasteiger partial charge in [-0.2, -0.15) is 0 Å². The average molecular weight is 235 g/mol. The van der Waals surface area contributed by atoms with E-state index in [0.717, 1.165) is 10.2 Å². The third-order valence-electron chi connectivity index (χ3n) is 2.16. The Kier molecular flexibility index (Phi) is 3.17. The lowest BCUT2D eigenvalue weighted by atomic mass is 10.2. The van der Waals surface area contributed by atoms with Crippen molar-refractivity contribution >= 4 is 32.6 Å². The van der Waals surface area contributed by atoms with Crippen LogP contribution in [-0.4, -0.2) is 17.4 Å². The van der Waals surface area contributed by atoms with E-state index in [0.29, 0.717) is 18.1 Å². The molecule has 3 N–H and O–H groups in total. The molecule has 0 radical (unpaired) electrons. The average Bonchev–Trinajstić information content (AvgIpc) is 2.59. The van der Waals surface area contributed by atoms with E-state index in [1.807, 2.05) is 19.1 Å². The summed E-state index contributed by atoms with van der Waals surface area (Å²) in [5, 5.41) is 3.38. The van der Waals surface area contributed by atoms with E-state index in [-0.39, 0.29) is 5.91 Å². The van der Waals surface area contributed by atoms with Gasteiger partial charge in [-0.05, 0) is 24.6 Å². The molecular formula is C11H13N3OS. The van der Waals surface area contributed by atoms with Crippen molar-refractivity contribution in [3.8, 4) is 0 Å². The molecule has 2 aromatic rings. The number of anilines is 1. The molecule has 0 aliphatic carbocycles. The van der Waals surface area contributed by atoms with Crippen LogP contribution in [-0.2, 0) is 4.79 Å². The monoisotopic (exact) mass is 235 g/mol. The van der Waals surface area contributed by atoms with Crippen LogP contribution in [0.15, 0.2) is 18.2 Å². The SMILES string of the molecule is Cc1ccc2nc(NC(=O)CCN)sc2c1. The third kappa shape index (κ3) is 2.37. The van der Waals surface area contributed by atoms with E-state index in [1.165, 1.54) is 16.9 Å². The number of aromatic nitrogens is 1. The molecular weight excluding hydrogens is 222 g/mol. The lowest BCUT2D eigenvalue weighted by molar-refractivity contribution is -0.116. The zero-order chi connectivity index (χ0) is 11.5. The summed E-state index contributed by atoms with van der Waals surface area (Å²) in [5.41, 5.74) is 7.41. The van der Waals surface area contributed by atoms with E-state index >= 15 is 0 Å². The van der Waals surface area contributed by atoms with Crippen LogP contribution >= 0.6 is 11.3 Å². The first kappa shape index (κ1) is 11.0. The summed E-state index contributed by atoms with van der Waals surface area (Å²) in [7, 11) is 0. The van der Waals surface area contributed by atoms with Crippen LogP contribution in [0.1, 0.15) is 12.0 Å². The van der Waals surface area contributed by atoms with Gasteiger partial charge in [-0.1, -0.05) is 17.4 Å². The number of thiazole rings is 1. The Bertz CT molecular complexity index is 521. The van der Waals surface area contributed by atoms with Crippen LogP contribution in [0.4, 0.5) is 5.13 Å². The second kappa shape index (κ2) is 4.59. The zero-order valence-electron chi connectivity index (χ0n) is 8.99. The number of carbonyl (C=O) groups is 1. The van der Waals surface area contributed by atoms with Crippen LogP contribution in [0.2, 0.25) is 0 Å². The number of rotatable bonds is 3. The van der Waals surface area contributed by atoms with Crippen molar-refractivity contribution in [1.82, 2.24) is 4.98 Å². The smallest absolute Gasteiger partial charge is 0.227 e. The molecule has 84 valence electrons. The second-order valence-electron chi connectivity index (χ2n) is 3.58. The summed E-state index contributed by atoms with van der Waals surface area (Å²) in [6.07, 6.45) is 0.328. The molecule has 2 rings (SSSR count). The Morgan fingerprint density at radius 1 is 1.56 bits per heavy atom. The van der Waals surface area contributed by atoms with Crippen LogP contribution in [0.25, 0.3) is 10.2 Å². The first-order valence-corrected chi connectivity index (χ1v) is 5.88. The van der Waals surface area contributed by atoms with Crippen LogP contribution in [0.5, 0.6) is 0 Å². The molecule has 0 atom stereocenters. The van der Waals surface area contributed by atoms with Gasteiger partial charge in [0.2, 0.25) is 5.91 Å². The summed E-state index contributed by atoms with van der Waals surface area (Å²) >= 11 is 1.48. The van der Waals surface area contributed by atoms with E-state index in [9.17, 15) is 4.79 Å². The molecule has 0 aliphatic heterocycles. The molecule has 0 saturated heterocycles. The predicted octanol–water partition coefficient (Wildman–Crippen LogP) is 1.89. The number of carbonyl (C=O) groups excluding carboxylic acids is 1. The number of amides is 1. The molecule has 16 heavy (non-hydrogen) atoms. The number of fused-ring (bicyclic) bond motifs is 1. The number of nitrogens with zero attached hydrogens (tertiary/aromatic N) is 1. The van der Waals surface area contributed by atoms with Gasteiger partial charge in [0.25, 0.3) is 0 Å². The Balaban J connectivity index is 2.23. The maximum Gasteiger partial charge on any atom is 0.227 e. The summed E-state index contributed by atoms with van der Waals surface area (Å²) < 4.78 is 1.09. The molecule has 0 spiro atoms. The van der Waals surface area contributed by atoms with Crippen molar-refractivity contribution in [1.29, 1.82) is 0 Å². The third-order valence-corrected chi connectivity index (χ3v) is 3.10. The van der Waals surface area contributed by atoms with Crippen LogP contribution in [0.3, 0.4) is 0 Å². The van der Waals surface area contributed by atoms with Crippen molar-refractivity contribution in [2.24, 2.45) is 5.73 Å². The number of aryl methyl sites for hydroxylation is 1. The number of benzene rings is 1. The molecule has 0 saturated carbocycles. The van der Waals surface area contributed by atoms with E-state index in [2.05, 4.69) is 16.4 Å². The lowest BCUT2D eigenvalue weighted by Gasteiger charge is -1.97. The quantitative estimate of drug-likeness (QED) is 0.853. The molecule has 1 heterocycles. The highest BCUT2D eigenvalue weighted by atomic mass is 32.1. The van der Waals surface area contributed by atoms with Crippen molar-refractivity contribution in [3.05, 3.63) is 23.8 Å². The molecule has 0 fully saturated rings. The summed E-state index contributed by atoms with van der Waals surface area (Å²) in [5.74, 6) is -0.0849. The highest BCUT2D eigenvalue weighted by Crippen LogP contribution is 2.26. The maximum absolute atomic E-state index is 11.3. The van der Waals surface area contributed by atoms with Gasteiger partial charge in [-0.25, -0.2) is 4.98 Å². The lowest BCUT2D eigenvalue weighted by Crippen LogP contribution is -2.15. The molecule has 0 unspecified atom stereocenters. The standard InChI is InChI=1S/C11H13N3OS/c1-7-2-3-8-9(6-7)16-11(13-8)14-10(15)4-5-12/h2-3,6H,4-5,12H2,1H3,(H,13,14,15). The highest BCUT2D eigenvalue weighted by molar-refractivity contribution is 7.22. The molecule has 5 heteroatoms. The van der Waals surface area contributed by atoms with Crippen molar-refractivity contribution in [2.75, 3.05) is 11.9 Å². The van der Waals surface area contributed by atoms with Crippen molar-refractivity contribution < 1.29 is 4.79 Å². The van der Waals surface area contributed by atoms with Gasteiger partial charge < -0.3 is 11.1 Å². The van der Waals surface area contributed by atoms with Gasteiger partial charge >= 0.3 is 0 Å². The number of nitrogens with one attached hydrogen (secondary N) is 1. The molecule has 0 aliphatic rings. The summed E-state index contributed by atoms with van der Waals surface area (Å²) in [6, 6.07) is 6.03. The van der Waals surface area contributed by atoms with Crippen LogP contribution < -0.4 is 11.1 Å². The van der Waals surface area contributed by atoms with Gasteiger partial charge in [0.1, 0.15) is 0 Å². The van der Waals surface area contributed by atoms with Gasteiger partial charge in [-0.3, -0.25) is 4.79 Å². The van der Waals surface area contributed by atoms with Gasteiger partial charge in [0.05, 0.1) is 10.2 Å². The normalized spacial score (nSPS) is 10.6. The largest absolute Gasteiger partial charge is 0.330 e.